The van der Waals surface area contributed by atoms with Gasteiger partial charge >= 0.3 is 5.97 Å². The van der Waals surface area contributed by atoms with Crippen LogP contribution in [-0.2, 0) is 9.53 Å². The van der Waals surface area contributed by atoms with Gasteiger partial charge in [-0.2, -0.15) is 10.4 Å². The number of nitriles is 1. The van der Waals surface area contributed by atoms with E-state index < -0.39 is 5.97 Å². The van der Waals surface area contributed by atoms with Gasteiger partial charge in [-0.1, -0.05) is 6.07 Å². The molecule has 1 N–H and O–H groups in total. The Morgan fingerprint density at radius 3 is 2.50 bits per heavy atom. The van der Waals surface area contributed by atoms with Crippen molar-refractivity contribution in [2.45, 2.75) is 20.8 Å². The van der Waals surface area contributed by atoms with Crippen LogP contribution >= 0.6 is 0 Å². The summed E-state index contributed by atoms with van der Waals surface area (Å²) < 4.78 is 4.70. The molecule has 0 unspecified atom stereocenters. The van der Waals surface area contributed by atoms with Gasteiger partial charge in [0, 0.05) is 0 Å². The number of hydrazone groups is 1. The molecule has 5 heteroatoms. The minimum Gasteiger partial charge on any atom is -0.461 e. The van der Waals surface area contributed by atoms with E-state index in [-0.39, 0.29) is 12.3 Å². The number of anilines is 1. The van der Waals surface area contributed by atoms with Crippen LogP contribution in [0.4, 0.5) is 5.69 Å². The molecule has 0 radical (unpaired) electrons. The summed E-state index contributed by atoms with van der Waals surface area (Å²) in [4.78, 5) is 11.3. The summed E-state index contributed by atoms with van der Waals surface area (Å²) >= 11 is 0. The average molecular weight is 245 g/mol. The van der Waals surface area contributed by atoms with E-state index in [2.05, 4.69) is 10.5 Å². The molecule has 0 amide bonds. The van der Waals surface area contributed by atoms with E-state index in [0.717, 1.165) is 16.8 Å². The molecule has 18 heavy (non-hydrogen) atoms. The Hall–Kier alpha value is -2.35. The van der Waals surface area contributed by atoms with Gasteiger partial charge in [0.15, 0.2) is 0 Å². The van der Waals surface area contributed by atoms with Crippen molar-refractivity contribution in [2.75, 3.05) is 12.0 Å². The summed E-state index contributed by atoms with van der Waals surface area (Å²) in [6.45, 7) is 5.80. The third kappa shape index (κ3) is 3.91. The van der Waals surface area contributed by atoms with Crippen molar-refractivity contribution >= 4 is 17.4 Å². The lowest BCUT2D eigenvalue weighted by Gasteiger charge is -2.04. The molecular formula is C13H15N3O2. The van der Waals surface area contributed by atoms with Crippen LogP contribution < -0.4 is 5.43 Å². The number of hydrogen-bond acceptors (Lipinski definition) is 5. The number of nitrogens with one attached hydrogen (secondary N) is 1. The number of aryl methyl sites for hydroxylation is 2. The smallest absolute Gasteiger partial charge is 0.369 e. The van der Waals surface area contributed by atoms with Gasteiger partial charge in [0.2, 0.25) is 5.71 Å². The van der Waals surface area contributed by atoms with Gasteiger partial charge in [0.05, 0.1) is 12.3 Å². The first-order valence-electron chi connectivity index (χ1n) is 5.56. The molecule has 0 atom stereocenters. The summed E-state index contributed by atoms with van der Waals surface area (Å²) in [5.41, 5.74) is 5.26. The van der Waals surface area contributed by atoms with E-state index in [9.17, 15) is 4.79 Å². The van der Waals surface area contributed by atoms with Gasteiger partial charge in [0.25, 0.3) is 0 Å². The molecule has 0 aliphatic rings. The molecule has 0 heterocycles. The number of carbonyl (C=O) groups excluding carboxylic acids is 1. The van der Waals surface area contributed by atoms with Crippen molar-refractivity contribution in [2.24, 2.45) is 5.10 Å². The zero-order valence-electron chi connectivity index (χ0n) is 10.7. The number of esters is 1. The zero-order chi connectivity index (χ0) is 13.5. The Kier molecular flexibility index (Phi) is 4.88. The molecule has 0 bridgehead atoms. The molecule has 0 saturated carbocycles. The fraction of sp³-hybridized carbons (Fsp3) is 0.308. The third-order valence-corrected chi connectivity index (χ3v) is 2.09. The lowest BCUT2D eigenvalue weighted by molar-refractivity contribution is -0.134. The quantitative estimate of drug-likeness (QED) is 0.501. The lowest BCUT2D eigenvalue weighted by atomic mass is 10.1. The Bertz CT molecular complexity index is 495. The zero-order valence-corrected chi connectivity index (χ0v) is 10.7. The number of hydrogen-bond donors (Lipinski definition) is 1. The molecule has 1 aromatic rings. The number of ether oxygens (including phenoxy) is 1. The van der Waals surface area contributed by atoms with Gasteiger partial charge in [0.1, 0.15) is 6.07 Å². The average Bonchev–Trinajstić information content (AvgIpc) is 2.29. The van der Waals surface area contributed by atoms with Gasteiger partial charge in [-0.15, -0.1) is 0 Å². The van der Waals surface area contributed by atoms with E-state index in [0.29, 0.717) is 0 Å². The van der Waals surface area contributed by atoms with Crippen LogP contribution in [0.2, 0.25) is 0 Å². The molecule has 0 fully saturated rings. The summed E-state index contributed by atoms with van der Waals surface area (Å²) in [7, 11) is 0. The molecule has 0 aliphatic heterocycles. The number of benzene rings is 1. The first kappa shape index (κ1) is 13.7. The molecule has 1 rings (SSSR count). The van der Waals surface area contributed by atoms with Gasteiger partial charge in [-0.25, -0.2) is 4.79 Å². The topological polar surface area (TPSA) is 74.5 Å². The SMILES string of the molecule is CCOC(=O)/C(C#N)=N\Nc1cc(C)cc(C)c1. The Labute approximate surface area is 106 Å². The molecule has 0 saturated heterocycles. The molecule has 0 spiro atoms. The number of nitrogens with zero attached hydrogens (tertiary/aromatic N) is 2. The Morgan fingerprint density at radius 2 is 2.00 bits per heavy atom. The minimum atomic E-state index is -0.725. The fourth-order valence-electron chi connectivity index (χ4n) is 1.48. The predicted octanol–water partition coefficient (Wildman–Crippen LogP) is 2.16. The van der Waals surface area contributed by atoms with Crippen LogP contribution in [-0.4, -0.2) is 18.3 Å². The van der Waals surface area contributed by atoms with Crippen LogP contribution in [0, 0.1) is 25.2 Å². The van der Waals surface area contributed by atoms with Crippen molar-refractivity contribution in [1.82, 2.24) is 0 Å². The van der Waals surface area contributed by atoms with E-state index in [1.165, 1.54) is 0 Å². The third-order valence-electron chi connectivity index (χ3n) is 2.09. The normalized spacial score (nSPS) is 10.7. The second-order valence-corrected chi connectivity index (χ2v) is 3.78. The van der Waals surface area contributed by atoms with Gasteiger partial charge < -0.3 is 4.74 Å². The maximum atomic E-state index is 11.3. The summed E-state index contributed by atoms with van der Waals surface area (Å²) in [5.74, 6) is -0.725. The van der Waals surface area contributed by atoms with E-state index in [1.54, 1.807) is 13.0 Å². The lowest BCUT2D eigenvalue weighted by Crippen LogP contribution is -2.17. The molecule has 0 aromatic heterocycles. The van der Waals surface area contributed by atoms with E-state index >= 15 is 0 Å². The first-order valence-corrected chi connectivity index (χ1v) is 5.56. The minimum absolute atomic E-state index is 0.211. The highest BCUT2D eigenvalue weighted by Crippen LogP contribution is 2.13. The number of rotatable bonds is 4. The van der Waals surface area contributed by atoms with Crippen molar-refractivity contribution < 1.29 is 9.53 Å². The first-order chi connectivity index (χ1) is 8.56. The fourth-order valence-corrected chi connectivity index (χ4v) is 1.48. The van der Waals surface area contributed by atoms with Crippen molar-refractivity contribution in [3.05, 3.63) is 29.3 Å². The molecule has 1 aromatic carbocycles. The summed E-state index contributed by atoms with van der Waals surface area (Å²) in [6, 6.07) is 7.46. The monoisotopic (exact) mass is 245 g/mol. The highest BCUT2D eigenvalue weighted by Gasteiger charge is 2.11. The van der Waals surface area contributed by atoms with Gasteiger partial charge in [-0.05, 0) is 44.0 Å². The standard InChI is InChI=1S/C13H15N3O2/c1-4-18-13(17)12(8-14)16-15-11-6-9(2)5-10(3)7-11/h5-7,15H,4H2,1-3H3/b16-12-. The summed E-state index contributed by atoms with van der Waals surface area (Å²) in [5, 5.41) is 12.5. The van der Waals surface area contributed by atoms with E-state index in [1.807, 2.05) is 32.0 Å². The maximum absolute atomic E-state index is 11.3. The summed E-state index contributed by atoms with van der Waals surface area (Å²) in [6.07, 6.45) is 0. The van der Waals surface area contributed by atoms with Crippen molar-refractivity contribution in [3.63, 3.8) is 0 Å². The highest BCUT2D eigenvalue weighted by atomic mass is 16.5. The van der Waals surface area contributed by atoms with E-state index in [4.69, 9.17) is 10.00 Å². The van der Waals surface area contributed by atoms with Crippen LogP contribution in [0.1, 0.15) is 18.1 Å². The van der Waals surface area contributed by atoms with Crippen LogP contribution in [0.25, 0.3) is 0 Å². The van der Waals surface area contributed by atoms with Crippen molar-refractivity contribution in [1.29, 1.82) is 5.26 Å². The van der Waals surface area contributed by atoms with Crippen LogP contribution in [0.5, 0.6) is 0 Å². The second-order valence-electron chi connectivity index (χ2n) is 3.78. The predicted molar refractivity (Wildman–Crippen MR) is 69.2 cm³/mol. The maximum Gasteiger partial charge on any atom is 0.369 e. The second kappa shape index (κ2) is 6.40. The largest absolute Gasteiger partial charge is 0.461 e. The number of carbonyl (C=O) groups is 1. The van der Waals surface area contributed by atoms with Crippen LogP contribution in [0.3, 0.4) is 0 Å². The Balaban J connectivity index is 2.83. The van der Waals surface area contributed by atoms with Crippen LogP contribution in [0.15, 0.2) is 23.3 Å². The highest BCUT2D eigenvalue weighted by molar-refractivity contribution is 6.43. The van der Waals surface area contributed by atoms with Crippen molar-refractivity contribution in [3.8, 4) is 6.07 Å². The Morgan fingerprint density at radius 1 is 1.39 bits per heavy atom. The molecule has 0 aliphatic carbocycles. The van der Waals surface area contributed by atoms with Gasteiger partial charge in [-0.3, -0.25) is 5.43 Å². The molecule has 5 nitrogen and oxygen atoms in total. The molecule has 94 valence electrons. The molecular weight excluding hydrogens is 230 g/mol.